The van der Waals surface area contributed by atoms with E-state index in [0.29, 0.717) is 11.3 Å². The number of hydrogen-bond acceptors (Lipinski definition) is 2. The van der Waals surface area contributed by atoms with Crippen LogP contribution in [0.4, 0.5) is 4.39 Å². The van der Waals surface area contributed by atoms with Crippen molar-refractivity contribution < 1.29 is 14.2 Å². The maximum absolute atomic E-state index is 14.0. The smallest absolute Gasteiger partial charge is 0.132 e. The Morgan fingerprint density at radius 3 is 2.67 bits per heavy atom. The van der Waals surface area contributed by atoms with Crippen LogP contribution >= 0.6 is 0 Å². The van der Waals surface area contributed by atoms with Crippen LogP contribution in [0.3, 0.4) is 0 Å². The third-order valence-electron chi connectivity index (χ3n) is 2.48. The molecule has 3 heteroatoms. The summed E-state index contributed by atoms with van der Waals surface area (Å²) in [5.41, 5.74) is -0.236. The lowest BCUT2D eigenvalue weighted by molar-refractivity contribution is 0.0663. The van der Waals surface area contributed by atoms with Gasteiger partial charge in [-0.3, -0.25) is 0 Å². The molecule has 0 bridgehead atoms. The summed E-state index contributed by atoms with van der Waals surface area (Å²) >= 11 is 0. The SMILES string of the molecule is COc1cccc(C(F)C(C)(C)CO)c1. The Morgan fingerprint density at radius 1 is 1.47 bits per heavy atom. The number of hydrogen-bond donors (Lipinski definition) is 1. The Kier molecular flexibility index (Phi) is 3.69. The van der Waals surface area contributed by atoms with E-state index in [-0.39, 0.29) is 6.61 Å². The van der Waals surface area contributed by atoms with Crippen LogP contribution in [0.2, 0.25) is 0 Å². The summed E-state index contributed by atoms with van der Waals surface area (Å²) in [7, 11) is 1.55. The molecule has 1 aromatic rings. The molecule has 1 unspecified atom stereocenters. The molecule has 1 N–H and O–H groups in total. The predicted molar refractivity (Wildman–Crippen MR) is 57.7 cm³/mol. The molecular formula is C12H17FO2. The van der Waals surface area contributed by atoms with Gasteiger partial charge in [0.2, 0.25) is 0 Å². The van der Waals surface area contributed by atoms with Gasteiger partial charge in [-0.05, 0) is 17.7 Å². The Hall–Kier alpha value is -1.09. The van der Waals surface area contributed by atoms with E-state index >= 15 is 0 Å². The fraction of sp³-hybridized carbons (Fsp3) is 0.500. The second-order valence-electron chi connectivity index (χ2n) is 4.29. The molecule has 2 nitrogen and oxygen atoms in total. The van der Waals surface area contributed by atoms with Crippen molar-refractivity contribution >= 4 is 0 Å². The lowest BCUT2D eigenvalue weighted by Gasteiger charge is -2.26. The molecular weight excluding hydrogens is 195 g/mol. The summed E-state index contributed by atoms with van der Waals surface area (Å²) in [5.74, 6) is 0.629. The summed E-state index contributed by atoms with van der Waals surface area (Å²) in [4.78, 5) is 0. The zero-order chi connectivity index (χ0) is 11.5. The van der Waals surface area contributed by atoms with Gasteiger partial charge in [-0.2, -0.15) is 0 Å². The normalized spacial score (nSPS) is 13.7. The van der Waals surface area contributed by atoms with E-state index in [9.17, 15) is 4.39 Å². The second-order valence-corrected chi connectivity index (χ2v) is 4.29. The van der Waals surface area contributed by atoms with E-state index in [2.05, 4.69) is 0 Å². The van der Waals surface area contributed by atoms with E-state index in [4.69, 9.17) is 9.84 Å². The summed E-state index contributed by atoms with van der Waals surface area (Å²) in [6.07, 6.45) is -1.20. The van der Waals surface area contributed by atoms with Crippen molar-refractivity contribution in [3.05, 3.63) is 29.8 Å². The molecule has 0 aliphatic heterocycles. The van der Waals surface area contributed by atoms with Gasteiger partial charge in [-0.25, -0.2) is 4.39 Å². The van der Waals surface area contributed by atoms with Crippen LogP contribution in [0.15, 0.2) is 24.3 Å². The van der Waals surface area contributed by atoms with E-state index in [1.807, 2.05) is 0 Å². The Bertz CT molecular complexity index is 323. The molecule has 1 aromatic carbocycles. The molecule has 15 heavy (non-hydrogen) atoms. The Balaban J connectivity index is 2.95. The second kappa shape index (κ2) is 4.62. The van der Waals surface area contributed by atoms with E-state index in [0.717, 1.165) is 0 Å². The van der Waals surface area contributed by atoms with Crippen molar-refractivity contribution in [3.8, 4) is 5.75 Å². The van der Waals surface area contributed by atoms with Crippen LogP contribution < -0.4 is 4.74 Å². The highest BCUT2D eigenvalue weighted by atomic mass is 19.1. The molecule has 1 rings (SSSR count). The molecule has 0 aliphatic rings. The zero-order valence-corrected chi connectivity index (χ0v) is 9.33. The monoisotopic (exact) mass is 212 g/mol. The summed E-state index contributed by atoms with van der Waals surface area (Å²) < 4.78 is 19.0. The first kappa shape index (κ1) is 12.0. The summed E-state index contributed by atoms with van der Waals surface area (Å²) in [6, 6.07) is 6.86. The minimum absolute atomic E-state index is 0.189. The van der Waals surface area contributed by atoms with Gasteiger partial charge in [0.05, 0.1) is 13.7 Å². The number of benzene rings is 1. The number of rotatable bonds is 4. The number of halogens is 1. The van der Waals surface area contributed by atoms with Crippen molar-refractivity contribution in [2.45, 2.75) is 20.0 Å². The number of aliphatic hydroxyl groups excluding tert-OH is 1. The van der Waals surface area contributed by atoms with Crippen LogP contribution in [-0.4, -0.2) is 18.8 Å². The minimum atomic E-state index is -1.20. The molecule has 0 amide bonds. The van der Waals surface area contributed by atoms with Crippen LogP contribution in [0.5, 0.6) is 5.75 Å². The van der Waals surface area contributed by atoms with Crippen molar-refractivity contribution in [2.24, 2.45) is 5.41 Å². The van der Waals surface area contributed by atoms with Gasteiger partial charge in [-0.15, -0.1) is 0 Å². The quantitative estimate of drug-likeness (QED) is 0.831. The number of methoxy groups -OCH3 is 1. The third kappa shape index (κ3) is 2.69. The molecule has 0 fully saturated rings. The molecule has 84 valence electrons. The molecule has 0 radical (unpaired) electrons. The van der Waals surface area contributed by atoms with Gasteiger partial charge in [0.15, 0.2) is 0 Å². The predicted octanol–water partition coefficient (Wildman–Crippen LogP) is 2.72. The average molecular weight is 212 g/mol. The largest absolute Gasteiger partial charge is 0.497 e. The van der Waals surface area contributed by atoms with Crippen molar-refractivity contribution in [1.82, 2.24) is 0 Å². The number of aliphatic hydroxyl groups is 1. The highest BCUT2D eigenvalue weighted by molar-refractivity contribution is 5.30. The Labute approximate surface area is 89.7 Å². The summed E-state index contributed by atoms with van der Waals surface area (Å²) in [6.45, 7) is 3.19. The van der Waals surface area contributed by atoms with Crippen LogP contribution in [0.1, 0.15) is 25.6 Å². The van der Waals surface area contributed by atoms with Gasteiger partial charge >= 0.3 is 0 Å². The molecule has 0 aliphatic carbocycles. The number of ether oxygens (including phenoxy) is 1. The van der Waals surface area contributed by atoms with Crippen LogP contribution in [0, 0.1) is 5.41 Å². The van der Waals surface area contributed by atoms with Gasteiger partial charge < -0.3 is 9.84 Å². The maximum atomic E-state index is 14.0. The fourth-order valence-corrected chi connectivity index (χ4v) is 1.33. The molecule has 1 atom stereocenters. The molecule has 0 saturated heterocycles. The maximum Gasteiger partial charge on any atom is 0.132 e. The molecule has 0 aromatic heterocycles. The first-order valence-electron chi connectivity index (χ1n) is 4.90. The highest BCUT2D eigenvalue weighted by Gasteiger charge is 2.30. The fourth-order valence-electron chi connectivity index (χ4n) is 1.33. The number of alkyl halides is 1. The van der Waals surface area contributed by atoms with Crippen LogP contribution in [-0.2, 0) is 0 Å². The van der Waals surface area contributed by atoms with Gasteiger partial charge in [-0.1, -0.05) is 26.0 Å². The van der Waals surface area contributed by atoms with E-state index < -0.39 is 11.6 Å². The lowest BCUT2D eigenvalue weighted by Crippen LogP contribution is -2.23. The first-order valence-corrected chi connectivity index (χ1v) is 4.90. The molecule has 0 saturated carbocycles. The molecule has 0 heterocycles. The van der Waals surface area contributed by atoms with Gasteiger partial charge in [0.1, 0.15) is 11.9 Å². The van der Waals surface area contributed by atoms with Crippen molar-refractivity contribution in [1.29, 1.82) is 0 Å². The van der Waals surface area contributed by atoms with Crippen molar-refractivity contribution in [3.63, 3.8) is 0 Å². The zero-order valence-electron chi connectivity index (χ0n) is 9.33. The lowest BCUT2D eigenvalue weighted by atomic mass is 9.84. The standard InChI is InChI=1S/C12H17FO2/c1-12(2,8-14)11(13)9-5-4-6-10(7-9)15-3/h4-7,11,14H,8H2,1-3H3. The third-order valence-corrected chi connectivity index (χ3v) is 2.48. The minimum Gasteiger partial charge on any atom is -0.497 e. The van der Waals surface area contributed by atoms with Gasteiger partial charge in [0, 0.05) is 5.41 Å². The average Bonchev–Trinajstić information content (AvgIpc) is 2.28. The van der Waals surface area contributed by atoms with E-state index in [1.54, 1.807) is 45.2 Å². The van der Waals surface area contributed by atoms with Crippen LogP contribution in [0.25, 0.3) is 0 Å². The Morgan fingerprint density at radius 2 is 2.13 bits per heavy atom. The first-order chi connectivity index (χ1) is 7.01. The van der Waals surface area contributed by atoms with Gasteiger partial charge in [0.25, 0.3) is 0 Å². The topological polar surface area (TPSA) is 29.5 Å². The summed E-state index contributed by atoms with van der Waals surface area (Å²) in [5, 5.41) is 9.08. The highest BCUT2D eigenvalue weighted by Crippen LogP contribution is 2.37. The van der Waals surface area contributed by atoms with Crippen molar-refractivity contribution in [2.75, 3.05) is 13.7 Å². The molecule has 0 spiro atoms. The van der Waals surface area contributed by atoms with E-state index in [1.165, 1.54) is 0 Å².